The van der Waals surface area contributed by atoms with Crippen molar-refractivity contribution in [3.63, 3.8) is 0 Å². The highest BCUT2D eigenvalue weighted by molar-refractivity contribution is 7.92. The SMILES string of the molecule is CCCS(=O)(=O)CC(=O)Nc1nc(-c2ccc(OC)cc2)c(C)s1. The number of sulfone groups is 1. The molecule has 0 fully saturated rings. The van der Waals surface area contributed by atoms with E-state index in [0.717, 1.165) is 21.9 Å². The number of aromatic nitrogens is 1. The van der Waals surface area contributed by atoms with Crippen molar-refractivity contribution in [2.75, 3.05) is 23.9 Å². The topological polar surface area (TPSA) is 85.4 Å². The van der Waals surface area contributed by atoms with E-state index in [-0.39, 0.29) is 5.75 Å². The van der Waals surface area contributed by atoms with Gasteiger partial charge in [0.1, 0.15) is 11.5 Å². The number of ether oxygens (including phenoxy) is 1. The number of amides is 1. The van der Waals surface area contributed by atoms with E-state index in [0.29, 0.717) is 11.6 Å². The Labute approximate surface area is 145 Å². The van der Waals surface area contributed by atoms with Gasteiger partial charge in [0.25, 0.3) is 0 Å². The van der Waals surface area contributed by atoms with Gasteiger partial charge >= 0.3 is 0 Å². The van der Waals surface area contributed by atoms with Crippen molar-refractivity contribution in [2.45, 2.75) is 20.3 Å². The fourth-order valence-corrected chi connectivity index (χ4v) is 4.29. The third kappa shape index (κ3) is 4.78. The summed E-state index contributed by atoms with van der Waals surface area (Å²) in [5.74, 6) is -0.314. The first-order valence-electron chi connectivity index (χ1n) is 7.46. The van der Waals surface area contributed by atoms with Crippen LogP contribution in [0.3, 0.4) is 0 Å². The number of nitrogens with one attached hydrogen (secondary N) is 1. The molecular formula is C16H20N2O4S2. The van der Waals surface area contributed by atoms with Crippen molar-refractivity contribution in [3.8, 4) is 17.0 Å². The van der Waals surface area contributed by atoms with Gasteiger partial charge in [0.05, 0.1) is 18.6 Å². The van der Waals surface area contributed by atoms with Crippen LogP contribution in [0.15, 0.2) is 24.3 Å². The van der Waals surface area contributed by atoms with Crippen molar-refractivity contribution in [3.05, 3.63) is 29.1 Å². The molecule has 1 heterocycles. The summed E-state index contributed by atoms with van der Waals surface area (Å²) in [5, 5.41) is 2.97. The maximum Gasteiger partial charge on any atom is 0.241 e. The molecule has 1 N–H and O–H groups in total. The minimum atomic E-state index is -3.36. The molecule has 0 saturated carbocycles. The Balaban J connectivity index is 2.12. The van der Waals surface area contributed by atoms with E-state index in [4.69, 9.17) is 4.74 Å². The lowest BCUT2D eigenvalue weighted by atomic mass is 10.1. The molecule has 0 saturated heterocycles. The van der Waals surface area contributed by atoms with Gasteiger partial charge in [-0.25, -0.2) is 13.4 Å². The van der Waals surface area contributed by atoms with Crippen LogP contribution >= 0.6 is 11.3 Å². The molecule has 1 amide bonds. The zero-order valence-electron chi connectivity index (χ0n) is 13.8. The Kier molecular flexibility index (Phi) is 5.95. The maximum absolute atomic E-state index is 11.9. The minimum absolute atomic E-state index is 0.00835. The van der Waals surface area contributed by atoms with E-state index in [1.165, 1.54) is 11.3 Å². The number of hydrogen-bond acceptors (Lipinski definition) is 6. The van der Waals surface area contributed by atoms with Gasteiger partial charge in [-0.05, 0) is 37.6 Å². The van der Waals surface area contributed by atoms with Gasteiger partial charge in [-0.2, -0.15) is 0 Å². The van der Waals surface area contributed by atoms with Crippen molar-refractivity contribution < 1.29 is 17.9 Å². The average Bonchev–Trinajstić information content (AvgIpc) is 2.86. The zero-order chi connectivity index (χ0) is 17.7. The second-order valence-corrected chi connectivity index (χ2v) is 8.68. The summed E-state index contributed by atoms with van der Waals surface area (Å²) in [6, 6.07) is 7.45. The smallest absolute Gasteiger partial charge is 0.241 e. The summed E-state index contributed by atoms with van der Waals surface area (Å²) in [6.07, 6.45) is 0.494. The molecule has 2 rings (SSSR count). The Morgan fingerprint density at radius 1 is 1.29 bits per heavy atom. The number of carbonyl (C=O) groups is 1. The number of anilines is 1. The lowest BCUT2D eigenvalue weighted by Gasteiger charge is -2.03. The van der Waals surface area contributed by atoms with Crippen molar-refractivity contribution in [1.29, 1.82) is 0 Å². The van der Waals surface area contributed by atoms with Crippen LogP contribution in [0.4, 0.5) is 5.13 Å². The minimum Gasteiger partial charge on any atom is -0.497 e. The zero-order valence-corrected chi connectivity index (χ0v) is 15.5. The monoisotopic (exact) mass is 368 g/mol. The lowest BCUT2D eigenvalue weighted by Crippen LogP contribution is -2.24. The third-order valence-corrected chi connectivity index (χ3v) is 5.89. The quantitative estimate of drug-likeness (QED) is 0.812. The molecule has 0 atom stereocenters. The lowest BCUT2D eigenvalue weighted by molar-refractivity contribution is -0.113. The second kappa shape index (κ2) is 7.76. The first-order chi connectivity index (χ1) is 11.3. The number of methoxy groups -OCH3 is 1. The normalized spacial score (nSPS) is 11.3. The van der Waals surface area contributed by atoms with E-state index >= 15 is 0 Å². The van der Waals surface area contributed by atoms with Crippen molar-refractivity contribution >= 4 is 32.2 Å². The first-order valence-corrected chi connectivity index (χ1v) is 10.1. The Morgan fingerprint density at radius 2 is 1.96 bits per heavy atom. The molecule has 130 valence electrons. The molecule has 0 unspecified atom stereocenters. The molecule has 1 aromatic carbocycles. The molecule has 0 aliphatic carbocycles. The fraction of sp³-hybridized carbons (Fsp3) is 0.375. The van der Waals surface area contributed by atoms with Gasteiger partial charge in [-0.3, -0.25) is 4.79 Å². The van der Waals surface area contributed by atoms with Gasteiger partial charge in [-0.15, -0.1) is 11.3 Å². The van der Waals surface area contributed by atoms with E-state index < -0.39 is 21.5 Å². The summed E-state index contributed by atoms with van der Waals surface area (Å²) in [6.45, 7) is 3.67. The summed E-state index contributed by atoms with van der Waals surface area (Å²) >= 11 is 1.32. The van der Waals surface area contributed by atoms with E-state index in [2.05, 4.69) is 10.3 Å². The summed E-state index contributed by atoms with van der Waals surface area (Å²) in [7, 11) is -1.76. The molecule has 0 bridgehead atoms. The van der Waals surface area contributed by atoms with Gasteiger partial charge < -0.3 is 10.1 Å². The molecule has 0 aliphatic heterocycles. The standard InChI is InChI=1S/C16H20N2O4S2/c1-4-9-24(20,21)10-14(19)17-16-18-15(11(2)23-16)12-5-7-13(22-3)8-6-12/h5-8H,4,9-10H2,1-3H3,(H,17,18,19). The van der Waals surface area contributed by atoms with Crippen LogP contribution in [0.5, 0.6) is 5.75 Å². The molecule has 1 aromatic heterocycles. The van der Waals surface area contributed by atoms with E-state index in [1.807, 2.05) is 31.2 Å². The Hall–Kier alpha value is -1.93. The number of nitrogens with zero attached hydrogens (tertiary/aromatic N) is 1. The van der Waals surface area contributed by atoms with Crippen LogP contribution in [0.25, 0.3) is 11.3 Å². The van der Waals surface area contributed by atoms with Crippen LogP contribution in [-0.4, -0.2) is 37.9 Å². The molecule has 0 aliphatic rings. The summed E-state index contributed by atoms with van der Waals surface area (Å²) < 4.78 is 28.5. The fourth-order valence-electron chi connectivity index (χ4n) is 2.20. The predicted molar refractivity (Wildman–Crippen MR) is 96.4 cm³/mol. The molecule has 8 heteroatoms. The molecule has 6 nitrogen and oxygen atoms in total. The van der Waals surface area contributed by atoms with Gasteiger partial charge in [-0.1, -0.05) is 6.92 Å². The number of carbonyl (C=O) groups excluding carboxylic acids is 1. The number of benzene rings is 1. The molecule has 2 aromatic rings. The van der Waals surface area contributed by atoms with Crippen molar-refractivity contribution in [2.24, 2.45) is 0 Å². The molecule has 0 radical (unpaired) electrons. The van der Waals surface area contributed by atoms with Gasteiger partial charge in [0.15, 0.2) is 15.0 Å². The van der Waals surface area contributed by atoms with Crippen LogP contribution in [0, 0.1) is 6.92 Å². The Morgan fingerprint density at radius 3 is 2.54 bits per heavy atom. The number of thiazole rings is 1. The number of hydrogen-bond donors (Lipinski definition) is 1. The van der Waals surface area contributed by atoms with Crippen LogP contribution in [0.1, 0.15) is 18.2 Å². The third-order valence-electron chi connectivity index (χ3n) is 3.27. The predicted octanol–water partition coefficient (Wildman–Crippen LogP) is 2.89. The average molecular weight is 368 g/mol. The summed E-state index contributed by atoms with van der Waals surface area (Å²) in [5.41, 5.74) is 1.66. The van der Waals surface area contributed by atoms with E-state index in [1.54, 1.807) is 14.0 Å². The Bertz CT molecular complexity index is 811. The maximum atomic E-state index is 11.9. The molecule has 0 spiro atoms. The highest BCUT2D eigenvalue weighted by atomic mass is 32.2. The van der Waals surface area contributed by atoms with E-state index in [9.17, 15) is 13.2 Å². The van der Waals surface area contributed by atoms with Crippen LogP contribution in [0.2, 0.25) is 0 Å². The van der Waals surface area contributed by atoms with Crippen LogP contribution < -0.4 is 10.1 Å². The van der Waals surface area contributed by atoms with Gasteiger partial charge in [0.2, 0.25) is 5.91 Å². The number of rotatable bonds is 7. The van der Waals surface area contributed by atoms with Crippen LogP contribution in [-0.2, 0) is 14.6 Å². The first kappa shape index (κ1) is 18.4. The second-order valence-electron chi connectivity index (χ2n) is 5.29. The molecular weight excluding hydrogens is 348 g/mol. The van der Waals surface area contributed by atoms with Crippen molar-refractivity contribution in [1.82, 2.24) is 4.98 Å². The highest BCUT2D eigenvalue weighted by Crippen LogP contribution is 2.31. The highest BCUT2D eigenvalue weighted by Gasteiger charge is 2.18. The van der Waals surface area contributed by atoms with Gasteiger partial charge in [0, 0.05) is 10.4 Å². The summed E-state index contributed by atoms with van der Waals surface area (Å²) in [4.78, 5) is 17.2. The largest absolute Gasteiger partial charge is 0.497 e. The number of aryl methyl sites for hydroxylation is 1. The molecule has 24 heavy (non-hydrogen) atoms.